The van der Waals surface area contributed by atoms with Crippen LogP contribution in [0.3, 0.4) is 0 Å². The fourth-order valence-electron chi connectivity index (χ4n) is 1.68. The van der Waals surface area contributed by atoms with Crippen molar-refractivity contribution in [3.63, 3.8) is 0 Å². The number of hydrogen-bond donors (Lipinski definition) is 1. The molecule has 0 spiro atoms. The molecule has 0 bridgehead atoms. The van der Waals surface area contributed by atoms with E-state index >= 15 is 0 Å². The first-order valence-electron chi connectivity index (χ1n) is 5.60. The van der Waals surface area contributed by atoms with Crippen LogP contribution in [0.5, 0.6) is 0 Å². The third kappa shape index (κ3) is 3.55. The highest BCUT2D eigenvalue weighted by molar-refractivity contribution is 9.10. The average molecular weight is 438 g/mol. The Balaban J connectivity index is 2.35. The average Bonchev–Trinajstić information content (AvgIpc) is 2.36. The van der Waals surface area contributed by atoms with Gasteiger partial charge in [0.05, 0.1) is 15.7 Å². The topological polar surface area (TPSA) is 29.1 Å². The molecule has 0 aliphatic heterocycles. The third-order valence-corrected chi connectivity index (χ3v) is 4.24. The number of carbonyl (C=O) groups excluding carboxylic acids is 1. The van der Waals surface area contributed by atoms with Gasteiger partial charge < -0.3 is 5.32 Å². The molecule has 0 aromatic heterocycles. The maximum absolute atomic E-state index is 12.3. The quantitative estimate of drug-likeness (QED) is 0.606. The van der Waals surface area contributed by atoms with E-state index in [-0.39, 0.29) is 5.91 Å². The molecule has 2 rings (SSSR count). The third-order valence-electron chi connectivity index (χ3n) is 2.69. The first kappa shape index (κ1) is 15.8. The van der Waals surface area contributed by atoms with Crippen LogP contribution in [0.4, 0.5) is 5.69 Å². The Morgan fingerprint density at radius 1 is 1.05 bits per heavy atom. The first-order chi connectivity index (χ1) is 9.38. The molecule has 2 aromatic carbocycles. The van der Waals surface area contributed by atoms with Crippen molar-refractivity contribution < 1.29 is 4.79 Å². The van der Waals surface area contributed by atoms with Gasteiger partial charge in [0.15, 0.2) is 0 Å². The lowest BCUT2D eigenvalue weighted by molar-refractivity contribution is 0.102. The number of nitrogens with one attached hydrogen (secondary N) is 1. The van der Waals surface area contributed by atoms with E-state index < -0.39 is 0 Å². The van der Waals surface area contributed by atoms with Crippen LogP contribution < -0.4 is 5.32 Å². The number of aryl methyl sites for hydroxylation is 1. The number of amides is 1. The molecule has 0 saturated heterocycles. The molecule has 20 heavy (non-hydrogen) atoms. The van der Waals surface area contributed by atoms with Crippen LogP contribution in [0, 0.1) is 6.92 Å². The fraction of sp³-hybridized carbons (Fsp3) is 0.0714. The molecule has 0 saturated carbocycles. The summed E-state index contributed by atoms with van der Waals surface area (Å²) in [5.41, 5.74) is 1.84. The number of benzene rings is 2. The molecule has 1 amide bonds. The van der Waals surface area contributed by atoms with Gasteiger partial charge in [0, 0.05) is 14.5 Å². The van der Waals surface area contributed by atoms with Crippen molar-refractivity contribution in [2.45, 2.75) is 6.92 Å². The van der Waals surface area contributed by atoms with E-state index in [1.165, 1.54) is 0 Å². The highest BCUT2D eigenvalue weighted by Crippen LogP contribution is 2.34. The number of halogens is 4. The molecule has 0 aliphatic rings. The van der Waals surface area contributed by atoms with Gasteiger partial charge in [-0.2, -0.15) is 0 Å². The van der Waals surface area contributed by atoms with Crippen molar-refractivity contribution in [2.75, 3.05) is 5.32 Å². The van der Waals surface area contributed by atoms with Gasteiger partial charge in [-0.05, 0) is 36.8 Å². The Morgan fingerprint density at radius 2 is 1.65 bits per heavy atom. The molecule has 2 nitrogen and oxygen atoms in total. The summed E-state index contributed by atoms with van der Waals surface area (Å²) in [6.45, 7) is 1.87. The second kappa shape index (κ2) is 6.48. The van der Waals surface area contributed by atoms with E-state index in [2.05, 4.69) is 37.2 Å². The fourth-order valence-corrected chi connectivity index (χ4v) is 3.35. The van der Waals surface area contributed by atoms with Gasteiger partial charge in [0.2, 0.25) is 0 Å². The number of rotatable bonds is 2. The van der Waals surface area contributed by atoms with Crippen molar-refractivity contribution in [3.8, 4) is 0 Å². The van der Waals surface area contributed by atoms with Crippen LogP contribution in [-0.2, 0) is 0 Å². The van der Waals surface area contributed by atoms with E-state index in [1.54, 1.807) is 18.2 Å². The molecule has 2 aromatic rings. The largest absolute Gasteiger partial charge is 0.319 e. The summed E-state index contributed by atoms with van der Waals surface area (Å²) in [7, 11) is 0. The molecule has 6 heteroatoms. The highest BCUT2D eigenvalue weighted by Gasteiger charge is 2.14. The highest BCUT2D eigenvalue weighted by atomic mass is 79.9. The maximum atomic E-state index is 12.3. The molecule has 0 heterocycles. The van der Waals surface area contributed by atoms with Gasteiger partial charge in [0.1, 0.15) is 0 Å². The molecule has 0 radical (unpaired) electrons. The zero-order chi connectivity index (χ0) is 14.9. The zero-order valence-electron chi connectivity index (χ0n) is 10.3. The van der Waals surface area contributed by atoms with E-state index in [1.807, 2.05) is 19.1 Å². The monoisotopic (exact) mass is 435 g/mol. The molecule has 0 aliphatic carbocycles. The van der Waals surface area contributed by atoms with Crippen LogP contribution >= 0.6 is 55.1 Å². The lowest BCUT2D eigenvalue weighted by Crippen LogP contribution is -2.14. The van der Waals surface area contributed by atoms with Crippen molar-refractivity contribution in [2.24, 2.45) is 0 Å². The normalized spacial score (nSPS) is 10.4. The summed E-state index contributed by atoms with van der Waals surface area (Å²) < 4.78 is 1.59. The maximum Gasteiger partial charge on any atom is 0.256 e. The Morgan fingerprint density at radius 3 is 2.25 bits per heavy atom. The number of carbonyl (C=O) groups is 1. The van der Waals surface area contributed by atoms with Crippen molar-refractivity contribution >= 4 is 66.7 Å². The van der Waals surface area contributed by atoms with Crippen molar-refractivity contribution in [1.29, 1.82) is 0 Å². The Bertz CT molecular complexity index is 666. The molecule has 1 N–H and O–H groups in total. The van der Waals surface area contributed by atoms with Gasteiger partial charge in [-0.1, -0.05) is 61.1 Å². The van der Waals surface area contributed by atoms with Crippen LogP contribution in [0.25, 0.3) is 0 Å². The Hall–Kier alpha value is -0.550. The summed E-state index contributed by atoms with van der Waals surface area (Å²) in [6.07, 6.45) is 0. The van der Waals surface area contributed by atoms with E-state index in [4.69, 9.17) is 23.2 Å². The standard InChI is InChI=1S/C14H9Br2Cl2NO/c1-7-2-3-8(15)4-10(7)14(20)19-13-11(17)5-9(16)6-12(13)18/h2-6H,1H3,(H,19,20). The summed E-state index contributed by atoms with van der Waals surface area (Å²) in [5.74, 6) is -0.255. The number of hydrogen-bond acceptors (Lipinski definition) is 1. The number of anilines is 1. The minimum atomic E-state index is -0.255. The lowest BCUT2D eigenvalue weighted by Gasteiger charge is -2.11. The van der Waals surface area contributed by atoms with Gasteiger partial charge in [-0.3, -0.25) is 4.79 Å². The molecule has 0 atom stereocenters. The lowest BCUT2D eigenvalue weighted by atomic mass is 10.1. The first-order valence-corrected chi connectivity index (χ1v) is 7.94. The molecule has 104 valence electrons. The predicted octanol–water partition coefficient (Wildman–Crippen LogP) is 6.08. The second-order valence-corrected chi connectivity index (χ2v) is 6.80. The van der Waals surface area contributed by atoms with E-state index in [0.29, 0.717) is 21.3 Å². The smallest absolute Gasteiger partial charge is 0.256 e. The minimum Gasteiger partial charge on any atom is -0.319 e. The Kier molecular flexibility index (Phi) is 5.13. The SMILES string of the molecule is Cc1ccc(Br)cc1C(=O)Nc1c(Cl)cc(Br)cc1Cl. The Labute approximate surface area is 143 Å². The molecule has 0 unspecified atom stereocenters. The molecular formula is C14H9Br2Cl2NO. The van der Waals surface area contributed by atoms with Gasteiger partial charge >= 0.3 is 0 Å². The minimum absolute atomic E-state index is 0.255. The van der Waals surface area contributed by atoms with E-state index in [9.17, 15) is 4.79 Å². The van der Waals surface area contributed by atoms with Crippen molar-refractivity contribution in [3.05, 3.63) is 60.4 Å². The van der Waals surface area contributed by atoms with Crippen LogP contribution in [0.15, 0.2) is 39.3 Å². The zero-order valence-corrected chi connectivity index (χ0v) is 15.0. The predicted molar refractivity (Wildman–Crippen MR) is 91.0 cm³/mol. The summed E-state index contributed by atoms with van der Waals surface area (Å²) >= 11 is 18.8. The van der Waals surface area contributed by atoms with Crippen molar-refractivity contribution in [1.82, 2.24) is 0 Å². The van der Waals surface area contributed by atoms with Gasteiger partial charge in [0.25, 0.3) is 5.91 Å². The van der Waals surface area contributed by atoms with Gasteiger partial charge in [-0.25, -0.2) is 0 Å². The summed E-state index contributed by atoms with van der Waals surface area (Å²) in [4.78, 5) is 12.3. The van der Waals surface area contributed by atoms with Crippen LogP contribution in [-0.4, -0.2) is 5.91 Å². The molecule has 0 fully saturated rings. The van der Waals surface area contributed by atoms with Crippen LogP contribution in [0.1, 0.15) is 15.9 Å². The van der Waals surface area contributed by atoms with E-state index in [0.717, 1.165) is 14.5 Å². The van der Waals surface area contributed by atoms with Crippen LogP contribution in [0.2, 0.25) is 10.0 Å². The van der Waals surface area contributed by atoms with Gasteiger partial charge in [-0.15, -0.1) is 0 Å². The molecular weight excluding hydrogens is 429 g/mol. The second-order valence-electron chi connectivity index (χ2n) is 4.16. The summed E-state index contributed by atoms with van der Waals surface area (Å²) in [5, 5.41) is 3.51. The summed E-state index contributed by atoms with van der Waals surface area (Å²) in [6, 6.07) is 8.86.